The maximum atomic E-state index is 14.2. The number of piperidine rings is 1. The maximum Gasteiger partial charge on any atom is 0.123 e. The molecular weight excluding hydrogens is 353 g/mol. The van der Waals surface area contributed by atoms with E-state index in [-0.39, 0.29) is 11.7 Å². The van der Waals surface area contributed by atoms with E-state index < -0.39 is 5.60 Å². The van der Waals surface area contributed by atoms with Gasteiger partial charge in [0.25, 0.3) is 0 Å². The third-order valence-electron chi connectivity index (χ3n) is 5.91. The van der Waals surface area contributed by atoms with Gasteiger partial charge in [-0.25, -0.2) is 4.39 Å². The maximum absolute atomic E-state index is 14.2. The molecule has 0 amide bonds. The molecule has 1 aliphatic rings. The molecule has 0 radical (unpaired) electrons. The Balaban J connectivity index is 2.03. The summed E-state index contributed by atoms with van der Waals surface area (Å²) in [6.45, 7) is 4.49. The Bertz CT molecular complexity index is 773. The molecule has 2 atom stereocenters. The molecule has 4 heteroatoms. The Labute approximate surface area is 167 Å². The molecule has 0 unspecified atom stereocenters. The number of unbranched alkanes of at least 4 members (excludes halogenated alkanes) is 1. The van der Waals surface area contributed by atoms with Crippen molar-refractivity contribution < 1.29 is 14.2 Å². The van der Waals surface area contributed by atoms with Crippen LogP contribution in [0.25, 0.3) is 11.1 Å². The highest BCUT2D eigenvalue weighted by molar-refractivity contribution is 5.69. The summed E-state index contributed by atoms with van der Waals surface area (Å²) < 4.78 is 19.4. The van der Waals surface area contributed by atoms with Crippen molar-refractivity contribution in [2.45, 2.75) is 44.6 Å². The van der Waals surface area contributed by atoms with Crippen molar-refractivity contribution in [3.8, 4) is 11.1 Å². The fraction of sp³-hybridized carbons (Fsp3) is 0.500. The van der Waals surface area contributed by atoms with Crippen LogP contribution in [0.5, 0.6) is 0 Å². The summed E-state index contributed by atoms with van der Waals surface area (Å²) in [5.41, 5.74) is 2.71. The molecule has 1 heterocycles. The Morgan fingerprint density at radius 3 is 2.79 bits per heavy atom. The number of aryl methyl sites for hydroxylation is 1. The normalized spacial score (nSPS) is 19.4. The third kappa shape index (κ3) is 4.80. The van der Waals surface area contributed by atoms with Gasteiger partial charge in [0.05, 0.1) is 5.60 Å². The first kappa shape index (κ1) is 21.0. The number of nitrogens with one attached hydrogen (secondary N) is 1. The molecule has 2 N–H and O–H groups in total. The first-order chi connectivity index (χ1) is 13.5. The molecule has 1 aliphatic heterocycles. The second-order valence-corrected chi connectivity index (χ2v) is 7.98. The van der Waals surface area contributed by atoms with E-state index in [4.69, 9.17) is 4.74 Å². The van der Waals surface area contributed by atoms with Gasteiger partial charge < -0.3 is 15.2 Å². The van der Waals surface area contributed by atoms with Crippen LogP contribution in [0.2, 0.25) is 0 Å². The molecule has 2 aromatic carbocycles. The predicted molar refractivity (Wildman–Crippen MR) is 112 cm³/mol. The van der Waals surface area contributed by atoms with Crippen LogP contribution in [-0.2, 0) is 10.3 Å². The zero-order valence-electron chi connectivity index (χ0n) is 17.0. The summed E-state index contributed by atoms with van der Waals surface area (Å²) in [5.74, 6) is -0.165. The molecule has 152 valence electrons. The van der Waals surface area contributed by atoms with Crippen LogP contribution < -0.4 is 5.32 Å². The molecule has 3 nitrogen and oxygen atoms in total. The number of aliphatic hydroxyl groups is 1. The highest BCUT2D eigenvalue weighted by Crippen LogP contribution is 2.43. The van der Waals surface area contributed by atoms with Crippen LogP contribution in [0.3, 0.4) is 0 Å². The fourth-order valence-electron chi connectivity index (χ4n) is 4.40. The highest BCUT2D eigenvalue weighted by Gasteiger charge is 2.40. The van der Waals surface area contributed by atoms with E-state index in [1.54, 1.807) is 19.2 Å². The topological polar surface area (TPSA) is 41.5 Å². The van der Waals surface area contributed by atoms with Crippen molar-refractivity contribution in [2.24, 2.45) is 5.92 Å². The van der Waals surface area contributed by atoms with Gasteiger partial charge >= 0.3 is 0 Å². The van der Waals surface area contributed by atoms with Crippen LogP contribution >= 0.6 is 0 Å². The molecule has 0 saturated carbocycles. The van der Waals surface area contributed by atoms with Gasteiger partial charge in [0, 0.05) is 26.2 Å². The Morgan fingerprint density at radius 2 is 2.07 bits per heavy atom. The van der Waals surface area contributed by atoms with Crippen LogP contribution in [0.4, 0.5) is 4.39 Å². The van der Waals surface area contributed by atoms with Crippen LogP contribution in [-0.4, -0.2) is 31.9 Å². The van der Waals surface area contributed by atoms with E-state index in [9.17, 15) is 9.50 Å². The number of hydrogen-bond acceptors (Lipinski definition) is 3. The number of methoxy groups -OCH3 is 1. The highest BCUT2D eigenvalue weighted by atomic mass is 19.1. The molecular formula is C24H32FNO2. The van der Waals surface area contributed by atoms with Crippen molar-refractivity contribution in [3.63, 3.8) is 0 Å². The van der Waals surface area contributed by atoms with E-state index in [1.165, 1.54) is 6.07 Å². The SMILES string of the molecule is COCCCC[C@@](O)(c1ccc(F)cc1-c1cccc(C)c1)[C@@H]1CCCNC1. The number of hydrogen-bond donors (Lipinski definition) is 2. The van der Waals surface area contributed by atoms with E-state index in [0.29, 0.717) is 13.0 Å². The molecule has 28 heavy (non-hydrogen) atoms. The molecule has 0 spiro atoms. The van der Waals surface area contributed by atoms with Gasteiger partial charge in [-0.2, -0.15) is 0 Å². The third-order valence-corrected chi connectivity index (χ3v) is 5.91. The lowest BCUT2D eigenvalue weighted by atomic mass is 9.72. The molecule has 0 bridgehead atoms. The summed E-state index contributed by atoms with van der Waals surface area (Å²) in [6.07, 6.45) is 4.43. The molecule has 1 saturated heterocycles. The first-order valence-corrected chi connectivity index (χ1v) is 10.3. The Morgan fingerprint density at radius 1 is 1.21 bits per heavy atom. The van der Waals surface area contributed by atoms with Crippen molar-refractivity contribution in [1.82, 2.24) is 5.32 Å². The summed E-state index contributed by atoms with van der Waals surface area (Å²) >= 11 is 0. The minimum Gasteiger partial charge on any atom is -0.385 e. The van der Waals surface area contributed by atoms with E-state index in [0.717, 1.165) is 61.0 Å². The molecule has 0 aliphatic carbocycles. The number of halogens is 1. The Kier molecular flexibility index (Phi) is 7.22. The number of ether oxygens (including phenoxy) is 1. The van der Waals surface area contributed by atoms with Crippen molar-refractivity contribution in [1.29, 1.82) is 0 Å². The van der Waals surface area contributed by atoms with Crippen molar-refractivity contribution in [3.05, 3.63) is 59.4 Å². The van der Waals surface area contributed by atoms with Gasteiger partial charge in [0.2, 0.25) is 0 Å². The molecule has 0 aromatic heterocycles. The smallest absolute Gasteiger partial charge is 0.123 e. The van der Waals surface area contributed by atoms with Gasteiger partial charge in [-0.1, -0.05) is 35.9 Å². The van der Waals surface area contributed by atoms with E-state index >= 15 is 0 Å². The zero-order chi connectivity index (χ0) is 20.0. The van der Waals surface area contributed by atoms with Gasteiger partial charge in [0.15, 0.2) is 0 Å². The van der Waals surface area contributed by atoms with Crippen LogP contribution in [0.15, 0.2) is 42.5 Å². The number of benzene rings is 2. The summed E-state index contributed by atoms with van der Waals surface area (Å²) in [4.78, 5) is 0. The lowest BCUT2D eigenvalue weighted by molar-refractivity contribution is -0.0429. The quantitative estimate of drug-likeness (QED) is 0.641. The van der Waals surface area contributed by atoms with Crippen LogP contribution in [0, 0.1) is 18.7 Å². The average molecular weight is 386 g/mol. The first-order valence-electron chi connectivity index (χ1n) is 10.3. The lowest BCUT2D eigenvalue weighted by Crippen LogP contribution is -2.44. The summed E-state index contributed by atoms with van der Waals surface area (Å²) in [5, 5.41) is 15.4. The Hall–Kier alpha value is -1.75. The zero-order valence-corrected chi connectivity index (χ0v) is 17.0. The largest absolute Gasteiger partial charge is 0.385 e. The van der Waals surface area contributed by atoms with Gasteiger partial charge in [0.1, 0.15) is 5.82 Å². The standard InChI is InChI=1S/C24H32FNO2/c1-18-7-5-8-19(15-18)22-16-21(25)10-11-23(22)24(27,12-3-4-14-28-2)20-9-6-13-26-17-20/h5,7-8,10-11,15-16,20,26-27H,3-4,6,9,12-14,17H2,1-2H3/t20-,24+/m1/s1. The fourth-order valence-corrected chi connectivity index (χ4v) is 4.40. The number of rotatable bonds is 8. The summed E-state index contributed by atoms with van der Waals surface area (Å²) in [6, 6.07) is 12.9. The second-order valence-electron chi connectivity index (χ2n) is 7.98. The van der Waals surface area contributed by atoms with Crippen molar-refractivity contribution in [2.75, 3.05) is 26.8 Å². The minimum atomic E-state index is -0.992. The van der Waals surface area contributed by atoms with Gasteiger partial charge in [-0.15, -0.1) is 0 Å². The molecule has 3 rings (SSSR count). The molecule has 1 fully saturated rings. The second kappa shape index (κ2) is 9.64. The van der Waals surface area contributed by atoms with Gasteiger partial charge in [-0.3, -0.25) is 0 Å². The van der Waals surface area contributed by atoms with Crippen molar-refractivity contribution >= 4 is 0 Å². The van der Waals surface area contributed by atoms with E-state index in [2.05, 4.69) is 11.4 Å². The lowest BCUT2D eigenvalue weighted by Gasteiger charge is -2.40. The average Bonchev–Trinajstić information content (AvgIpc) is 2.71. The molecule has 2 aromatic rings. The van der Waals surface area contributed by atoms with Crippen LogP contribution in [0.1, 0.15) is 43.2 Å². The van der Waals surface area contributed by atoms with E-state index in [1.807, 2.05) is 25.1 Å². The monoisotopic (exact) mass is 385 g/mol. The minimum absolute atomic E-state index is 0.109. The van der Waals surface area contributed by atoms with Gasteiger partial charge in [-0.05, 0) is 74.4 Å². The summed E-state index contributed by atoms with van der Waals surface area (Å²) in [7, 11) is 1.70. The predicted octanol–water partition coefficient (Wildman–Crippen LogP) is 4.81.